The van der Waals surface area contributed by atoms with Crippen molar-refractivity contribution in [3.8, 4) is 0 Å². The second-order valence-corrected chi connectivity index (χ2v) is 5.93. The Balaban J connectivity index is 1.63. The Morgan fingerprint density at radius 2 is 1.95 bits per heavy atom. The van der Waals surface area contributed by atoms with Crippen LogP contribution in [0.2, 0.25) is 5.02 Å². The first-order valence-corrected chi connectivity index (χ1v) is 7.26. The van der Waals surface area contributed by atoms with E-state index in [-0.39, 0.29) is 23.8 Å². The van der Waals surface area contributed by atoms with E-state index in [1.807, 2.05) is 29.2 Å². The predicted molar refractivity (Wildman–Crippen MR) is 74.1 cm³/mol. The Morgan fingerprint density at radius 1 is 1.26 bits per heavy atom. The summed E-state index contributed by atoms with van der Waals surface area (Å²) in [7, 11) is 0. The molecule has 3 nitrogen and oxygen atoms in total. The molecule has 3 rings (SSSR count). The summed E-state index contributed by atoms with van der Waals surface area (Å²) < 4.78 is 0. The third kappa shape index (κ3) is 2.63. The highest BCUT2D eigenvalue weighted by atomic mass is 35.5. The van der Waals surface area contributed by atoms with E-state index in [1.54, 1.807) is 0 Å². The molecule has 0 aromatic heterocycles. The SMILES string of the molecule is O=C(C1CC1c1ccccc1Cl)N1CCC(O)CC1. The zero-order valence-electron chi connectivity index (χ0n) is 10.8. The molecule has 1 N–H and O–H groups in total. The number of hydrogen-bond donors (Lipinski definition) is 1. The maximum absolute atomic E-state index is 12.4. The van der Waals surface area contributed by atoms with Crippen molar-refractivity contribution in [3.63, 3.8) is 0 Å². The zero-order chi connectivity index (χ0) is 13.4. The van der Waals surface area contributed by atoms with Crippen molar-refractivity contribution < 1.29 is 9.90 Å². The van der Waals surface area contributed by atoms with E-state index in [4.69, 9.17) is 11.6 Å². The van der Waals surface area contributed by atoms with E-state index in [2.05, 4.69) is 0 Å². The molecule has 0 spiro atoms. The molecule has 1 aromatic carbocycles. The number of aliphatic hydroxyl groups excluding tert-OH is 1. The van der Waals surface area contributed by atoms with Crippen LogP contribution in [-0.4, -0.2) is 35.1 Å². The van der Waals surface area contributed by atoms with E-state index in [0.717, 1.165) is 17.0 Å². The normalized spacial score (nSPS) is 27.4. The smallest absolute Gasteiger partial charge is 0.226 e. The highest BCUT2D eigenvalue weighted by Crippen LogP contribution is 2.50. The second kappa shape index (κ2) is 5.14. The van der Waals surface area contributed by atoms with E-state index in [0.29, 0.717) is 25.9 Å². The van der Waals surface area contributed by atoms with Gasteiger partial charge in [-0.05, 0) is 36.8 Å². The highest BCUT2D eigenvalue weighted by molar-refractivity contribution is 6.31. The van der Waals surface area contributed by atoms with Gasteiger partial charge < -0.3 is 10.0 Å². The average Bonchev–Trinajstić information content (AvgIpc) is 3.19. The van der Waals surface area contributed by atoms with Gasteiger partial charge in [-0.1, -0.05) is 29.8 Å². The molecular weight excluding hydrogens is 262 g/mol. The van der Waals surface area contributed by atoms with Gasteiger partial charge >= 0.3 is 0 Å². The van der Waals surface area contributed by atoms with E-state index in [9.17, 15) is 9.90 Å². The van der Waals surface area contributed by atoms with E-state index < -0.39 is 0 Å². The summed E-state index contributed by atoms with van der Waals surface area (Å²) in [5, 5.41) is 10.2. The maximum atomic E-state index is 12.4. The predicted octanol–water partition coefficient (Wildman–Crippen LogP) is 2.43. The lowest BCUT2D eigenvalue weighted by atomic mass is 10.1. The molecule has 0 bridgehead atoms. The zero-order valence-corrected chi connectivity index (χ0v) is 11.5. The third-order valence-electron chi connectivity index (χ3n) is 4.19. The van der Waals surface area contributed by atoms with Crippen molar-refractivity contribution in [1.82, 2.24) is 4.90 Å². The van der Waals surface area contributed by atoms with Gasteiger partial charge in [-0.15, -0.1) is 0 Å². The van der Waals surface area contributed by atoms with Crippen LogP contribution in [0.5, 0.6) is 0 Å². The molecule has 19 heavy (non-hydrogen) atoms. The summed E-state index contributed by atoms with van der Waals surface area (Å²) >= 11 is 6.18. The molecule has 4 heteroatoms. The maximum Gasteiger partial charge on any atom is 0.226 e. The Kier molecular flexibility index (Phi) is 3.50. The molecule has 1 aliphatic heterocycles. The number of halogens is 1. The largest absolute Gasteiger partial charge is 0.393 e. The number of carbonyl (C=O) groups is 1. The molecule has 1 aliphatic carbocycles. The second-order valence-electron chi connectivity index (χ2n) is 5.53. The minimum absolute atomic E-state index is 0.0927. The number of piperidine rings is 1. The van der Waals surface area contributed by atoms with Gasteiger partial charge in [0.05, 0.1) is 6.10 Å². The van der Waals surface area contributed by atoms with Crippen molar-refractivity contribution in [2.24, 2.45) is 5.92 Å². The molecule has 1 amide bonds. The lowest BCUT2D eigenvalue weighted by Crippen LogP contribution is -2.41. The lowest BCUT2D eigenvalue weighted by Gasteiger charge is -2.29. The Bertz CT molecular complexity index is 483. The summed E-state index contributed by atoms with van der Waals surface area (Å²) in [6.45, 7) is 1.37. The molecule has 1 saturated carbocycles. The standard InChI is InChI=1S/C15H18ClNO2/c16-14-4-2-1-3-11(14)12-9-13(12)15(19)17-7-5-10(18)6-8-17/h1-4,10,12-13,18H,5-9H2. The fourth-order valence-electron chi connectivity index (χ4n) is 2.91. The third-order valence-corrected chi connectivity index (χ3v) is 4.53. The quantitative estimate of drug-likeness (QED) is 0.903. The van der Waals surface area contributed by atoms with Crippen molar-refractivity contribution >= 4 is 17.5 Å². The number of amides is 1. The van der Waals surface area contributed by atoms with Gasteiger partial charge in [0.2, 0.25) is 5.91 Å². The molecule has 2 unspecified atom stereocenters. The number of hydrogen-bond acceptors (Lipinski definition) is 2. The van der Waals surface area contributed by atoms with Gasteiger partial charge in [-0.2, -0.15) is 0 Å². The van der Waals surface area contributed by atoms with Gasteiger partial charge in [0.1, 0.15) is 0 Å². The van der Waals surface area contributed by atoms with Gasteiger partial charge in [0.15, 0.2) is 0 Å². The number of aliphatic hydroxyl groups is 1. The minimum atomic E-state index is -0.234. The van der Waals surface area contributed by atoms with Crippen molar-refractivity contribution in [1.29, 1.82) is 0 Å². The van der Waals surface area contributed by atoms with Crippen molar-refractivity contribution in [3.05, 3.63) is 34.9 Å². The van der Waals surface area contributed by atoms with Crippen LogP contribution in [0.25, 0.3) is 0 Å². The van der Waals surface area contributed by atoms with Gasteiger partial charge in [0.25, 0.3) is 0 Å². The van der Waals surface area contributed by atoms with Crippen LogP contribution < -0.4 is 0 Å². The summed E-state index contributed by atoms with van der Waals surface area (Å²) in [5.41, 5.74) is 1.10. The van der Waals surface area contributed by atoms with Gasteiger partial charge in [-0.3, -0.25) is 4.79 Å². The van der Waals surface area contributed by atoms with Crippen LogP contribution in [0.1, 0.15) is 30.7 Å². The van der Waals surface area contributed by atoms with Crippen molar-refractivity contribution in [2.75, 3.05) is 13.1 Å². The molecule has 102 valence electrons. The van der Waals surface area contributed by atoms with Crippen LogP contribution in [0.4, 0.5) is 0 Å². The van der Waals surface area contributed by atoms with Crippen LogP contribution in [-0.2, 0) is 4.79 Å². The van der Waals surface area contributed by atoms with Gasteiger partial charge in [-0.25, -0.2) is 0 Å². The summed E-state index contributed by atoms with van der Waals surface area (Å²) in [6.07, 6.45) is 2.08. The Morgan fingerprint density at radius 3 is 2.63 bits per heavy atom. The highest BCUT2D eigenvalue weighted by Gasteiger charge is 2.46. The molecule has 0 radical (unpaired) electrons. The molecule has 2 fully saturated rings. The number of rotatable bonds is 2. The average molecular weight is 280 g/mol. The first-order valence-electron chi connectivity index (χ1n) is 6.88. The van der Waals surface area contributed by atoms with Crippen LogP contribution in [0, 0.1) is 5.92 Å². The van der Waals surface area contributed by atoms with E-state index >= 15 is 0 Å². The van der Waals surface area contributed by atoms with Gasteiger partial charge in [0, 0.05) is 24.0 Å². The number of benzene rings is 1. The van der Waals surface area contributed by atoms with E-state index in [1.165, 1.54) is 0 Å². The summed E-state index contributed by atoms with van der Waals surface area (Å²) in [5.74, 6) is 0.611. The fourth-order valence-corrected chi connectivity index (χ4v) is 3.18. The number of nitrogens with zero attached hydrogens (tertiary/aromatic N) is 1. The van der Waals surface area contributed by atoms with Crippen LogP contribution in [0.15, 0.2) is 24.3 Å². The van der Waals surface area contributed by atoms with Crippen LogP contribution in [0.3, 0.4) is 0 Å². The lowest BCUT2D eigenvalue weighted by molar-refractivity contribution is -0.134. The summed E-state index contributed by atoms with van der Waals surface area (Å²) in [6, 6.07) is 7.78. The topological polar surface area (TPSA) is 40.5 Å². The Hall–Kier alpha value is -1.06. The summed E-state index contributed by atoms with van der Waals surface area (Å²) in [4.78, 5) is 14.3. The first-order chi connectivity index (χ1) is 9.16. The number of carbonyl (C=O) groups excluding carboxylic acids is 1. The molecule has 2 atom stereocenters. The Labute approximate surface area is 118 Å². The van der Waals surface area contributed by atoms with Crippen molar-refractivity contribution in [2.45, 2.75) is 31.3 Å². The number of likely N-dealkylation sites (tertiary alicyclic amines) is 1. The molecule has 1 heterocycles. The molecule has 1 aromatic rings. The molecular formula is C15H18ClNO2. The monoisotopic (exact) mass is 279 g/mol. The van der Waals surface area contributed by atoms with Crippen LogP contribution >= 0.6 is 11.6 Å². The molecule has 1 saturated heterocycles. The molecule has 2 aliphatic rings. The minimum Gasteiger partial charge on any atom is -0.393 e. The first kappa shape index (κ1) is 12.9. The fraction of sp³-hybridized carbons (Fsp3) is 0.533.